The summed E-state index contributed by atoms with van der Waals surface area (Å²) in [6, 6.07) is 0. The second-order valence-corrected chi connectivity index (χ2v) is 4.12. The third-order valence-electron chi connectivity index (χ3n) is 2.63. The molecule has 0 spiro atoms. The van der Waals surface area contributed by atoms with Crippen LogP contribution in [-0.4, -0.2) is 45.3 Å². The summed E-state index contributed by atoms with van der Waals surface area (Å²) in [6.45, 7) is 0.723. The minimum Gasteiger partial charge on any atom is -0.349 e. The van der Waals surface area contributed by atoms with Gasteiger partial charge in [0.15, 0.2) is 5.84 Å². The first kappa shape index (κ1) is 14.2. The number of halogens is 3. The van der Waals surface area contributed by atoms with Crippen LogP contribution in [0, 0.1) is 10.1 Å². The van der Waals surface area contributed by atoms with Crippen LogP contribution in [0.3, 0.4) is 0 Å². The molecule has 0 N–H and O–H groups in total. The molecule has 0 amide bonds. The molecule has 0 fully saturated rings. The lowest BCUT2D eigenvalue weighted by Gasteiger charge is -2.17. The van der Waals surface area contributed by atoms with E-state index in [1.165, 1.54) is 0 Å². The van der Waals surface area contributed by atoms with Crippen molar-refractivity contribution in [1.82, 2.24) is 14.9 Å². The molecule has 0 aromatic carbocycles. The van der Waals surface area contributed by atoms with Gasteiger partial charge in [-0.15, -0.1) is 0 Å². The van der Waals surface area contributed by atoms with Gasteiger partial charge in [0, 0.05) is 36.0 Å². The summed E-state index contributed by atoms with van der Waals surface area (Å²) in [5.74, 6) is -0.892. The molecule has 1 aromatic heterocycles. The quantitative estimate of drug-likeness (QED) is 0.609. The van der Waals surface area contributed by atoms with Crippen molar-refractivity contribution in [2.75, 3.05) is 19.6 Å². The average molecular weight is 289 g/mol. The van der Waals surface area contributed by atoms with E-state index in [1.807, 2.05) is 0 Å². The standard InChI is InChI=1S/C10H10F3N5O2/c11-10(12,13)9-15-3-7(4-16-9)5-17-2-1-14-8(17)6-18(19)20/h3-4H,1-2,5-6H2. The number of hydrogen-bond donors (Lipinski definition) is 0. The summed E-state index contributed by atoms with van der Waals surface area (Å²) in [6.07, 6.45) is -2.44. The largest absolute Gasteiger partial charge is 0.451 e. The summed E-state index contributed by atoms with van der Waals surface area (Å²) in [5, 5.41) is 10.5. The Kier molecular flexibility index (Phi) is 3.81. The van der Waals surface area contributed by atoms with Crippen LogP contribution in [0.2, 0.25) is 0 Å². The normalized spacial score (nSPS) is 15.3. The van der Waals surface area contributed by atoms with E-state index < -0.39 is 23.5 Å². The maximum atomic E-state index is 12.3. The molecule has 0 saturated carbocycles. The molecule has 0 atom stereocenters. The van der Waals surface area contributed by atoms with Crippen molar-refractivity contribution in [3.05, 3.63) is 33.9 Å². The van der Waals surface area contributed by atoms with Crippen LogP contribution < -0.4 is 0 Å². The maximum absolute atomic E-state index is 12.3. The number of rotatable bonds is 4. The van der Waals surface area contributed by atoms with E-state index in [-0.39, 0.29) is 6.54 Å². The van der Waals surface area contributed by atoms with Gasteiger partial charge in [-0.05, 0) is 0 Å². The Morgan fingerprint density at radius 3 is 2.55 bits per heavy atom. The topological polar surface area (TPSA) is 84.5 Å². The fourth-order valence-corrected chi connectivity index (χ4v) is 1.77. The van der Waals surface area contributed by atoms with Crippen LogP contribution in [0.1, 0.15) is 11.4 Å². The summed E-state index contributed by atoms with van der Waals surface area (Å²) >= 11 is 0. The van der Waals surface area contributed by atoms with E-state index in [2.05, 4.69) is 15.0 Å². The lowest BCUT2D eigenvalue weighted by Crippen LogP contribution is -2.32. The third-order valence-corrected chi connectivity index (χ3v) is 2.63. The predicted molar refractivity (Wildman–Crippen MR) is 61.6 cm³/mol. The van der Waals surface area contributed by atoms with Gasteiger partial charge in [-0.2, -0.15) is 13.2 Å². The first-order valence-electron chi connectivity index (χ1n) is 5.64. The van der Waals surface area contributed by atoms with Gasteiger partial charge < -0.3 is 4.90 Å². The molecule has 0 aliphatic carbocycles. The second-order valence-electron chi connectivity index (χ2n) is 4.12. The maximum Gasteiger partial charge on any atom is 0.451 e. The summed E-state index contributed by atoms with van der Waals surface area (Å²) < 4.78 is 36.9. The van der Waals surface area contributed by atoms with E-state index in [4.69, 9.17) is 0 Å². The van der Waals surface area contributed by atoms with Crippen LogP contribution in [0.4, 0.5) is 13.2 Å². The SMILES string of the molecule is O=[N+]([O-])CC1=NCCN1Cc1cnc(C(F)(F)F)nc1. The number of nitro groups is 1. The van der Waals surface area contributed by atoms with Crippen molar-refractivity contribution < 1.29 is 18.1 Å². The number of amidine groups is 1. The Hall–Kier alpha value is -2.26. The van der Waals surface area contributed by atoms with Crippen molar-refractivity contribution in [1.29, 1.82) is 0 Å². The van der Waals surface area contributed by atoms with Crippen LogP contribution >= 0.6 is 0 Å². The molecule has 10 heteroatoms. The van der Waals surface area contributed by atoms with Gasteiger partial charge in [0.25, 0.3) is 6.54 Å². The molecule has 2 heterocycles. The first-order chi connectivity index (χ1) is 9.36. The Labute approximate surface area is 111 Å². The molecule has 7 nitrogen and oxygen atoms in total. The Morgan fingerprint density at radius 1 is 1.35 bits per heavy atom. The van der Waals surface area contributed by atoms with Crippen molar-refractivity contribution in [2.45, 2.75) is 12.7 Å². The average Bonchev–Trinajstić information content (AvgIpc) is 2.75. The molecule has 108 valence electrons. The van der Waals surface area contributed by atoms with Gasteiger partial charge in [-0.1, -0.05) is 0 Å². The zero-order valence-electron chi connectivity index (χ0n) is 10.2. The first-order valence-corrected chi connectivity index (χ1v) is 5.64. The fraction of sp³-hybridized carbons (Fsp3) is 0.500. The number of nitrogens with zero attached hydrogens (tertiary/aromatic N) is 5. The van der Waals surface area contributed by atoms with Gasteiger partial charge in [0.1, 0.15) is 0 Å². The summed E-state index contributed by atoms with van der Waals surface area (Å²) in [4.78, 5) is 22.1. The highest BCUT2D eigenvalue weighted by molar-refractivity contribution is 5.84. The molecule has 0 bridgehead atoms. The number of aliphatic imine (C=N–C) groups is 1. The van der Waals surface area contributed by atoms with Gasteiger partial charge in [0.2, 0.25) is 5.82 Å². The predicted octanol–water partition coefficient (Wildman–Crippen LogP) is 0.986. The van der Waals surface area contributed by atoms with E-state index >= 15 is 0 Å². The van der Waals surface area contributed by atoms with Gasteiger partial charge >= 0.3 is 6.18 Å². The highest BCUT2D eigenvalue weighted by Gasteiger charge is 2.34. The molecule has 1 aliphatic heterocycles. The molecule has 1 aliphatic rings. The lowest BCUT2D eigenvalue weighted by atomic mass is 10.3. The molecular formula is C10H10F3N5O2. The van der Waals surface area contributed by atoms with E-state index in [1.54, 1.807) is 4.90 Å². The number of aromatic nitrogens is 2. The van der Waals surface area contributed by atoms with Crippen molar-refractivity contribution in [3.8, 4) is 0 Å². The third kappa shape index (κ3) is 3.39. The zero-order chi connectivity index (χ0) is 14.8. The van der Waals surface area contributed by atoms with E-state index in [0.29, 0.717) is 24.5 Å². The minimum atomic E-state index is -4.58. The number of alkyl halides is 3. The highest BCUT2D eigenvalue weighted by Crippen LogP contribution is 2.25. The monoisotopic (exact) mass is 289 g/mol. The molecule has 1 aromatic rings. The van der Waals surface area contributed by atoms with E-state index in [0.717, 1.165) is 12.4 Å². The Balaban J connectivity index is 2.03. The minimum absolute atomic E-state index is 0.199. The number of hydrogen-bond acceptors (Lipinski definition) is 6. The van der Waals surface area contributed by atoms with Gasteiger partial charge in [-0.25, -0.2) is 9.97 Å². The van der Waals surface area contributed by atoms with Crippen molar-refractivity contribution >= 4 is 5.84 Å². The van der Waals surface area contributed by atoms with Crippen LogP contribution in [0.25, 0.3) is 0 Å². The molecular weight excluding hydrogens is 279 g/mol. The molecule has 0 unspecified atom stereocenters. The van der Waals surface area contributed by atoms with Crippen LogP contribution in [0.5, 0.6) is 0 Å². The highest BCUT2D eigenvalue weighted by atomic mass is 19.4. The van der Waals surface area contributed by atoms with Gasteiger partial charge in [0.05, 0.1) is 6.54 Å². The Bertz CT molecular complexity index is 529. The van der Waals surface area contributed by atoms with Gasteiger partial charge in [-0.3, -0.25) is 15.1 Å². The summed E-state index contributed by atoms with van der Waals surface area (Å²) in [7, 11) is 0. The molecule has 2 rings (SSSR count). The van der Waals surface area contributed by atoms with Crippen LogP contribution in [-0.2, 0) is 12.7 Å². The molecule has 20 heavy (non-hydrogen) atoms. The second kappa shape index (κ2) is 5.39. The van der Waals surface area contributed by atoms with Crippen LogP contribution in [0.15, 0.2) is 17.4 Å². The smallest absolute Gasteiger partial charge is 0.349 e. The Morgan fingerprint density at radius 2 is 2.00 bits per heavy atom. The van der Waals surface area contributed by atoms with Crippen molar-refractivity contribution in [3.63, 3.8) is 0 Å². The zero-order valence-corrected chi connectivity index (χ0v) is 10.2. The molecule has 0 saturated heterocycles. The van der Waals surface area contributed by atoms with Crippen molar-refractivity contribution in [2.24, 2.45) is 4.99 Å². The summed E-state index contributed by atoms with van der Waals surface area (Å²) in [5.41, 5.74) is 0.441. The molecule has 0 radical (unpaired) electrons. The van der Waals surface area contributed by atoms with E-state index in [9.17, 15) is 23.3 Å². The fourth-order valence-electron chi connectivity index (χ4n) is 1.77. The lowest BCUT2D eigenvalue weighted by molar-refractivity contribution is -0.464.